The molecule has 228 valence electrons. The van der Waals surface area contributed by atoms with Crippen LogP contribution in [0.4, 0.5) is 0 Å². The summed E-state index contributed by atoms with van der Waals surface area (Å²) < 4.78 is 5.69. The van der Waals surface area contributed by atoms with Crippen LogP contribution in [0.25, 0.3) is 11.1 Å². The van der Waals surface area contributed by atoms with Crippen LogP contribution in [-0.2, 0) is 4.74 Å². The highest BCUT2D eigenvalue weighted by Gasteiger charge is 2.13. The Morgan fingerprint density at radius 1 is 0.543 bits per heavy atom. The molecule has 0 N–H and O–H groups in total. The van der Waals surface area contributed by atoms with Gasteiger partial charge in [0.15, 0.2) is 0 Å². The molecule has 4 heteroatoms. The summed E-state index contributed by atoms with van der Waals surface area (Å²) in [6.07, 6.45) is 10.7. The van der Waals surface area contributed by atoms with Crippen LogP contribution in [-0.4, -0.2) is 12.6 Å². The van der Waals surface area contributed by atoms with Gasteiger partial charge in [-0.25, -0.2) is 4.79 Å². The molecule has 0 amide bonds. The Labute approximate surface area is 273 Å². The second kappa shape index (κ2) is 18.3. The average molecular weight is 603 g/mol. The number of hydrogen-bond acceptors (Lipinski definition) is 4. The molecule has 0 saturated carbocycles. The van der Waals surface area contributed by atoms with Crippen molar-refractivity contribution >= 4 is 5.97 Å². The topological polar surface area (TPSA) is 73.9 Å². The van der Waals surface area contributed by atoms with Crippen LogP contribution in [0.15, 0.2) is 91.0 Å². The standard InChI is InChI=1S/C42H38N2O2/c1-2-3-4-5-6-7-8-9-10-29-46-42(45)41-30-35(20-28-40(41)27-19-33-12-15-36(31-43)16-13-33)14-11-34-17-23-38(24-18-34)39-25-21-37(32-44)22-26-39/h12-13,15-18,20-26,28,30H,2-10,29H2,1H3. The second-order valence-electron chi connectivity index (χ2n) is 11.2. The van der Waals surface area contributed by atoms with Crippen molar-refractivity contribution in [3.63, 3.8) is 0 Å². The van der Waals surface area contributed by atoms with Crippen molar-refractivity contribution in [1.82, 2.24) is 0 Å². The van der Waals surface area contributed by atoms with E-state index in [1.54, 1.807) is 42.5 Å². The normalized spacial score (nSPS) is 9.98. The molecule has 0 heterocycles. The number of carbonyl (C=O) groups excluding carboxylic acids is 1. The number of esters is 1. The molecule has 0 aliphatic rings. The van der Waals surface area contributed by atoms with E-state index in [0.717, 1.165) is 41.5 Å². The Morgan fingerprint density at radius 2 is 0.978 bits per heavy atom. The van der Waals surface area contributed by atoms with Gasteiger partial charge in [-0.3, -0.25) is 0 Å². The van der Waals surface area contributed by atoms with Crippen molar-refractivity contribution in [3.05, 3.63) is 130 Å². The molecule has 0 fully saturated rings. The number of rotatable bonds is 12. The van der Waals surface area contributed by atoms with Crippen molar-refractivity contribution in [2.24, 2.45) is 0 Å². The largest absolute Gasteiger partial charge is 0.462 e. The monoisotopic (exact) mass is 602 g/mol. The van der Waals surface area contributed by atoms with Gasteiger partial charge >= 0.3 is 5.97 Å². The number of nitriles is 2. The van der Waals surface area contributed by atoms with E-state index in [1.807, 2.05) is 48.5 Å². The van der Waals surface area contributed by atoms with E-state index in [9.17, 15) is 4.79 Å². The van der Waals surface area contributed by atoms with Gasteiger partial charge in [-0.05, 0) is 84.3 Å². The first kappa shape index (κ1) is 33.3. The number of benzene rings is 4. The molecule has 0 aliphatic carbocycles. The molecule has 0 aromatic heterocycles. The Morgan fingerprint density at radius 3 is 1.54 bits per heavy atom. The van der Waals surface area contributed by atoms with Crippen LogP contribution in [0.1, 0.15) is 108 Å². The smallest absolute Gasteiger partial charge is 0.339 e. The molecule has 0 aliphatic heterocycles. The zero-order valence-corrected chi connectivity index (χ0v) is 26.4. The van der Waals surface area contributed by atoms with Crippen LogP contribution in [0, 0.1) is 46.3 Å². The Kier molecular flexibility index (Phi) is 13.3. The van der Waals surface area contributed by atoms with Crippen molar-refractivity contribution in [2.45, 2.75) is 64.7 Å². The quantitative estimate of drug-likeness (QED) is 0.0919. The average Bonchev–Trinajstić information content (AvgIpc) is 3.11. The van der Waals surface area contributed by atoms with Crippen LogP contribution in [0.5, 0.6) is 0 Å². The predicted octanol–water partition coefficient (Wildman–Crippen LogP) is 9.58. The van der Waals surface area contributed by atoms with Crippen molar-refractivity contribution in [3.8, 4) is 46.9 Å². The van der Waals surface area contributed by atoms with Gasteiger partial charge in [0.2, 0.25) is 0 Å². The fourth-order valence-electron chi connectivity index (χ4n) is 4.95. The molecule has 0 saturated heterocycles. The second-order valence-corrected chi connectivity index (χ2v) is 11.2. The Hall–Kier alpha value is -5.55. The molecule has 0 atom stereocenters. The SMILES string of the molecule is CCCCCCCCCCCOC(=O)c1cc(C#Cc2ccc(-c3ccc(C#N)cc3)cc2)ccc1C#Cc1ccc(C#N)cc1. The molecule has 4 nitrogen and oxygen atoms in total. The van der Waals surface area contributed by atoms with Crippen LogP contribution >= 0.6 is 0 Å². The lowest BCUT2D eigenvalue weighted by molar-refractivity contribution is 0.0497. The van der Waals surface area contributed by atoms with Gasteiger partial charge in [-0.15, -0.1) is 0 Å². The van der Waals surface area contributed by atoms with E-state index < -0.39 is 5.97 Å². The van der Waals surface area contributed by atoms with Gasteiger partial charge in [0.1, 0.15) is 0 Å². The van der Waals surface area contributed by atoms with Crippen molar-refractivity contribution < 1.29 is 9.53 Å². The third-order valence-electron chi connectivity index (χ3n) is 7.66. The molecule has 46 heavy (non-hydrogen) atoms. The zero-order chi connectivity index (χ0) is 32.4. The summed E-state index contributed by atoms with van der Waals surface area (Å²) in [4.78, 5) is 13.2. The summed E-state index contributed by atoms with van der Waals surface area (Å²) in [5, 5.41) is 18.1. The lowest BCUT2D eigenvalue weighted by atomic mass is 10.0. The van der Waals surface area contributed by atoms with Crippen LogP contribution < -0.4 is 0 Å². The highest BCUT2D eigenvalue weighted by Crippen LogP contribution is 2.20. The summed E-state index contributed by atoms with van der Waals surface area (Å²) in [7, 11) is 0. The molecule has 0 radical (unpaired) electrons. The third-order valence-corrected chi connectivity index (χ3v) is 7.66. The molecule has 4 aromatic carbocycles. The maximum absolute atomic E-state index is 13.2. The summed E-state index contributed by atoms with van der Waals surface area (Å²) in [5.41, 5.74) is 6.51. The van der Waals surface area contributed by atoms with Gasteiger partial charge in [0.05, 0.1) is 35.4 Å². The van der Waals surface area contributed by atoms with Gasteiger partial charge in [0.25, 0.3) is 0 Å². The summed E-state index contributed by atoms with van der Waals surface area (Å²) in [5.74, 6) is 12.2. The number of hydrogen-bond donors (Lipinski definition) is 0. The van der Waals surface area contributed by atoms with Crippen molar-refractivity contribution in [1.29, 1.82) is 10.5 Å². The molecule has 0 bridgehead atoms. The summed E-state index contributed by atoms with van der Waals surface area (Å²) in [6, 6.07) is 32.1. The first-order valence-electron chi connectivity index (χ1n) is 16.1. The lowest BCUT2D eigenvalue weighted by Gasteiger charge is -2.08. The van der Waals surface area contributed by atoms with Gasteiger partial charge < -0.3 is 4.74 Å². The molecule has 4 aromatic rings. The Balaban J connectivity index is 1.45. The number of ether oxygens (including phenoxy) is 1. The van der Waals surface area contributed by atoms with Gasteiger partial charge in [0, 0.05) is 22.3 Å². The first-order valence-corrected chi connectivity index (χ1v) is 16.1. The zero-order valence-electron chi connectivity index (χ0n) is 26.4. The summed E-state index contributed by atoms with van der Waals surface area (Å²) in [6.45, 7) is 2.61. The van der Waals surface area contributed by atoms with Crippen LogP contribution in [0.3, 0.4) is 0 Å². The Bertz CT molecular complexity index is 1800. The van der Waals surface area contributed by atoms with E-state index >= 15 is 0 Å². The third kappa shape index (κ3) is 10.6. The number of unbranched alkanes of at least 4 members (excludes halogenated alkanes) is 8. The molecule has 0 spiro atoms. The van der Waals surface area contributed by atoms with E-state index in [1.165, 1.54) is 38.5 Å². The highest BCUT2D eigenvalue weighted by molar-refractivity contribution is 5.93. The minimum absolute atomic E-state index is 0.374. The van der Waals surface area contributed by atoms with Crippen LogP contribution in [0.2, 0.25) is 0 Å². The fourth-order valence-corrected chi connectivity index (χ4v) is 4.95. The highest BCUT2D eigenvalue weighted by atomic mass is 16.5. The fraction of sp³-hybridized carbons (Fsp3) is 0.262. The van der Waals surface area contributed by atoms with E-state index in [0.29, 0.717) is 34.4 Å². The molecular formula is C42H38N2O2. The lowest BCUT2D eigenvalue weighted by Crippen LogP contribution is -2.09. The van der Waals surface area contributed by atoms with Crippen molar-refractivity contribution in [2.75, 3.05) is 6.61 Å². The minimum Gasteiger partial charge on any atom is -0.462 e. The van der Waals surface area contributed by atoms with E-state index in [2.05, 4.69) is 42.7 Å². The van der Waals surface area contributed by atoms with Gasteiger partial charge in [-0.1, -0.05) is 106 Å². The minimum atomic E-state index is -0.404. The summed E-state index contributed by atoms with van der Waals surface area (Å²) >= 11 is 0. The number of carbonyl (C=O) groups is 1. The van der Waals surface area contributed by atoms with E-state index in [4.69, 9.17) is 15.3 Å². The first-order chi connectivity index (χ1) is 22.6. The van der Waals surface area contributed by atoms with E-state index in [-0.39, 0.29) is 0 Å². The maximum Gasteiger partial charge on any atom is 0.339 e. The van der Waals surface area contributed by atoms with Gasteiger partial charge in [-0.2, -0.15) is 10.5 Å². The predicted molar refractivity (Wildman–Crippen MR) is 184 cm³/mol. The number of nitrogens with zero attached hydrogens (tertiary/aromatic N) is 2. The molecule has 4 rings (SSSR count). The molecular weight excluding hydrogens is 564 g/mol. The maximum atomic E-state index is 13.2. The molecule has 0 unspecified atom stereocenters.